The van der Waals surface area contributed by atoms with Gasteiger partial charge in [-0.2, -0.15) is 0 Å². The van der Waals surface area contributed by atoms with Gasteiger partial charge in [-0.25, -0.2) is 0 Å². The van der Waals surface area contributed by atoms with Crippen LogP contribution in [0, 0.1) is 11.8 Å². The van der Waals surface area contributed by atoms with Crippen molar-refractivity contribution in [2.45, 2.75) is 25.8 Å². The molecule has 0 radical (unpaired) electrons. The Balaban J connectivity index is 2.13. The van der Waals surface area contributed by atoms with Crippen LogP contribution < -0.4 is 0 Å². The molecule has 1 saturated carbocycles. The van der Waals surface area contributed by atoms with Crippen molar-refractivity contribution in [1.29, 1.82) is 0 Å². The van der Waals surface area contributed by atoms with Crippen molar-refractivity contribution in [3.63, 3.8) is 0 Å². The first-order valence-electron chi connectivity index (χ1n) is 4.41. The lowest BCUT2D eigenvalue weighted by Gasteiger charge is -2.32. The van der Waals surface area contributed by atoms with E-state index in [0.717, 1.165) is 12.5 Å². The summed E-state index contributed by atoms with van der Waals surface area (Å²) in [5.41, 5.74) is 0. The number of likely N-dealkylation sites (tertiary alicyclic amines) is 1. The molecule has 62 valence electrons. The third kappa shape index (κ3) is 0.924. The smallest absolute Gasteiger partial charge is 0.147 e. The average molecular weight is 153 g/mol. The maximum absolute atomic E-state index is 11.2. The predicted molar refractivity (Wildman–Crippen MR) is 43.3 cm³/mol. The molecule has 0 bridgehead atoms. The molecule has 2 rings (SSSR count). The SMILES string of the molecule is CC(=O)[C@@H]1C2CC[C@H]2CN1C. The van der Waals surface area contributed by atoms with Gasteiger partial charge in [-0.05, 0) is 38.6 Å². The van der Waals surface area contributed by atoms with Gasteiger partial charge in [0.05, 0.1) is 6.04 Å². The van der Waals surface area contributed by atoms with Crippen molar-refractivity contribution in [2.24, 2.45) is 11.8 Å². The Morgan fingerprint density at radius 3 is 2.45 bits per heavy atom. The summed E-state index contributed by atoms with van der Waals surface area (Å²) >= 11 is 0. The Bertz CT molecular complexity index is 190. The van der Waals surface area contributed by atoms with Crippen LogP contribution in [0.15, 0.2) is 0 Å². The van der Waals surface area contributed by atoms with Crippen molar-refractivity contribution >= 4 is 5.78 Å². The molecule has 1 aliphatic carbocycles. The second-order valence-corrected chi connectivity index (χ2v) is 4.00. The molecule has 2 fully saturated rings. The zero-order valence-corrected chi connectivity index (χ0v) is 7.21. The number of hydrogen-bond acceptors (Lipinski definition) is 2. The van der Waals surface area contributed by atoms with Crippen molar-refractivity contribution in [2.75, 3.05) is 13.6 Å². The van der Waals surface area contributed by atoms with E-state index in [2.05, 4.69) is 11.9 Å². The number of likely N-dealkylation sites (N-methyl/N-ethyl adjacent to an activating group) is 1. The van der Waals surface area contributed by atoms with E-state index in [9.17, 15) is 4.79 Å². The van der Waals surface area contributed by atoms with Crippen LogP contribution in [0.3, 0.4) is 0 Å². The highest BCUT2D eigenvalue weighted by molar-refractivity contribution is 5.82. The molecule has 1 heterocycles. The molecular formula is C9H15NO. The minimum absolute atomic E-state index is 0.258. The summed E-state index contributed by atoms with van der Waals surface area (Å²) in [4.78, 5) is 13.4. The van der Waals surface area contributed by atoms with Gasteiger partial charge in [-0.3, -0.25) is 9.69 Å². The zero-order chi connectivity index (χ0) is 8.01. The van der Waals surface area contributed by atoms with E-state index >= 15 is 0 Å². The zero-order valence-electron chi connectivity index (χ0n) is 7.21. The quantitative estimate of drug-likeness (QED) is 0.558. The van der Waals surface area contributed by atoms with Gasteiger partial charge in [0, 0.05) is 6.54 Å². The Morgan fingerprint density at radius 2 is 2.18 bits per heavy atom. The largest absolute Gasteiger partial charge is 0.298 e. The second-order valence-electron chi connectivity index (χ2n) is 4.00. The highest BCUT2D eigenvalue weighted by Crippen LogP contribution is 2.44. The molecule has 0 aromatic rings. The molecular weight excluding hydrogens is 138 g/mol. The van der Waals surface area contributed by atoms with Crippen molar-refractivity contribution in [3.05, 3.63) is 0 Å². The summed E-state index contributed by atoms with van der Waals surface area (Å²) in [7, 11) is 2.07. The number of ketones is 1. The van der Waals surface area contributed by atoms with E-state index in [4.69, 9.17) is 0 Å². The standard InChI is InChI=1S/C9H15NO/c1-6(11)9-8-4-3-7(8)5-10(9)2/h7-9H,3-5H2,1-2H3/t7-,8?,9+/m0/s1. The first-order chi connectivity index (χ1) is 5.20. The molecule has 1 aliphatic heterocycles. The highest BCUT2D eigenvalue weighted by Gasteiger charge is 2.47. The van der Waals surface area contributed by atoms with Gasteiger partial charge in [-0.15, -0.1) is 0 Å². The maximum Gasteiger partial charge on any atom is 0.147 e. The molecule has 2 aliphatic rings. The molecule has 2 heteroatoms. The lowest BCUT2D eigenvalue weighted by molar-refractivity contribution is -0.122. The molecule has 3 atom stereocenters. The molecule has 0 aromatic heterocycles. The van der Waals surface area contributed by atoms with Crippen molar-refractivity contribution in [3.8, 4) is 0 Å². The molecule has 0 aromatic carbocycles. The fraction of sp³-hybridized carbons (Fsp3) is 0.889. The summed E-state index contributed by atoms with van der Waals surface area (Å²) in [6.45, 7) is 2.87. The van der Waals surface area contributed by atoms with E-state index in [-0.39, 0.29) is 6.04 Å². The molecule has 1 saturated heterocycles. The predicted octanol–water partition coefficient (Wildman–Crippen LogP) is 0.916. The topological polar surface area (TPSA) is 20.3 Å². The van der Waals surface area contributed by atoms with E-state index < -0.39 is 0 Å². The van der Waals surface area contributed by atoms with Crippen molar-refractivity contribution < 1.29 is 4.79 Å². The van der Waals surface area contributed by atoms with E-state index in [1.54, 1.807) is 6.92 Å². The summed E-state index contributed by atoms with van der Waals surface area (Å²) in [6.07, 6.45) is 2.62. The molecule has 0 spiro atoms. The van der Waals surface area contributed by atoms with E-state index in [0.29, 0.717) is 11.7 Å². The molecule has 0 amide bonds. The molecule has 0 N–H and O–H groups in total. The third-order valence-corrected chi connectivity index (χ3v) is 3.30. The van der Waals surface area contributed by atoms with Gasteiger partial charge in [0.1, 0.15) is 5.78 Å². The Morgan fingerprint density at radius 1 is 1.45 bits per heavy atom. The number of rotatable bonds is 1. The summed E-state index contributed by atoms with van der Waals surface area (Å²) in [6, 6.07) is 0.258. The van der Waals surface area contributed by atoms with Crippen molar-refractivity contribution in [1.82, 2.24) is 4.90 Å². The highest BCUT2D eigenvalue weighted by atomic mass is 16.1. The van der Waals surface area contributed by atoms with Gasteiger partial charge in [0.25, 0.3) is 0 Å². The number of fused-ring (bicyclic) bond motifs is 1. The van der Waals surface area contributed by atoms with Crippen LogP contribution in [0.4, 0.5) is 0 Å². The average Bonchev–Trinajstić information content (AvgIpc) is 2.10. The number of nitrogens with zero attached hydrogens (tertiary/aromatic N) is 1. The van der Waals surface area contributed by atoms with Crippen LogP contribution >= 0.6 is 0 Å². The summed E-state index contributed by atoms with van der Waals surface area (Å²) in [5, 5.41) is 0. The Labute approximate surface area is 67.6 Å². The number of carbonyl (C=O) groups is 1. The first-order valence-corrected chi connectivity index (χ1v) is 4.41. The number of Topliss-reactive ketones (excluding diaryl/α,β-unsaturated/α-hetero) is 1. The molecule has 11 heavy (non-hydrogen) atoms. The van der Waals surface area contributed by atoms with E-state index in [1.165, 1.54) is 12.8 Å². The van der Waals surface area contributed by atoms with E-state index in [1.807, 2.05) is 0 Å². The fourth-order valence-electron chi connectivity index (χ4n) is 2.66. The van der Waals surface area contributed by atoms with Gasteiger partial charge < -0.3 is 0 Å². The number of hydrogen-bond donors (Lipinski definition) is 0. The van der Waals surface area contributed by atoms with Gasteiger partial charge in [-0.1, -0.05) is 0 Å². The monoisotopic (exact) mass is 153 g/mol. The molecule has 1 unspecified atom stereocenters. The van der Waals surface area contributed by atoms with Crippen LogP contribution in [0.2, 0.25) is 0 Å². The van der Waals surface area contributed by atoms with Crippen LogP contribution in [0.5, 0.6) is 0 Å². The van der Waals surface area contributed by atoms with Gasteiger partial charge in [0.2, 0.25) is 0 Å². The third-order valence-electron chi connectivity index (χ3n) is 3.30. The van der Waals surface area contributed by atoms with Crippen LogP contribution in [0.1, 0.15) is 19.8 Å². The fourth-order valence-corrected chi connectivity index (χ4v) is 2.66. The Hall–Kier alpha value is -0.370. The van der Waals surface area contributed by atoms with Crippen LogP contribution in [-0.2, 0) is 4.79 Å². The van der Waals surface area contributed by atoms with Crippen LogP contribution in [-0.4, -0.2) is 30.3 Å². The number of carbonyl (C=O) groups excluding carboxylic acids is 1. The normalized spacial score (nSPS) is 43.3. The van der Waals surface area contributed by atoms with Gasteiger partial charge >= 0.3 is 0 Å². The Kier molecular flexibility index (Phi) is 1.53. The summed E-state index contributed by atoms with van der Waals surface area (Å²) in [5.74, 6) is 1.91. The van der Waals surface area contributed by atoms with Crippen LogP contribution in [0.25, 0.3) is 0 Å². The minimum Gasteiger partial charge on any atom is -0.298 e. The molecule has 2 nitrogen and oxygen atoms in total. The lowest BCUT2D eigenvalue weighted by Crippen LogP contribution is -2.38. The minimum atomic E-state index is 0.258. The lowest BCUT2D eigenvalue weighted by atomic mass is 9.72. The summed E-state index contributed by atoms with van der Waals surface area (Å²) < 4.78 is 0. The first kappa shape index (κ1) is 7.29. The van der Waals surface area contributed by atoms with Gasteiger partial charge in [0.15, 0.2) is 0 Å². The second kappa shape index (κ2) is 2.31. The maximum atomic E-state index is 11.2.